The third-order valence-electron chi connectivity index (χ3n) is 4.25. The van der Waals surface area contributed by atoms with Gasteiger partial charge in [0.15, 0.2) is 5.16 Å². The van der Waals surface area contributed by atoms with Crippen LogP contribution in [0.25, 0.3) is 0 Å². The summed E-state index contributed by atoms with van der Waals surface area (Å²) in [5.41, 5.74) is 0.959. The highest BCUT2D eigenvalue weighted by Crippen LogP contribution is 2.22. The molecule has 27 heavy (non-hydrogen) atoms. The minimum absolute atomic E-state index is 0.0550. The summed E-state index contributed by atoms with van der Waals surface area (Å²) >= 11 is 7.45. The molecule has 144 valence electrons. The van der Waals surface area contributed by atoms with Crippen molar-refractivity contribution >= 4 is 35.1 Å². The predicted octanol–water partition coefficient (Wildman–Crippen LogP) is 1.73. The molecule has 0 spiro atoms. The quantitative estimate of drug-likeness (QED) is 0.426. The lowest BCUT2D eigenvalue weighted by atomic mass is 10.3. The van der Waals surface area contributed by atoms with E-state index in [1.165, 1.54) is 11.8 Å². The van der Waals surface area contributed by atoms with E-state index in [0.717, 1.165) is 37.7 Å². The van der Waals surface area contributed by atoms with Crippen molar-refractivity contribution in [1.29, 1.82) is 0 Å². The number of piperazine rings is 1. The number of pyridine rings is 1. The number of carbonyl (C=O) groups is 1. The Kier molecular flexibility index (Phi) is 7.25. The Bertz CT molecular complexity index is 755. The maximum absolute atomic E-state index is 12.1. The number of nitrogens with zero attached hydrogens (tertiary/aromatic N) is 5. The van der Waals surface area contributed by atoms with Gasteiger partial charge >= 0.3 is 0 Å². The summed E-state index contributed by atoms with van der Waals surface area (Å²) in [6, 6.07) is 7.54. The van der Waals surface area contributed by atoms with Gasteiger partial charge in [0.2, 0.25) is 5.91 Å². The van der Waals surface area contributed by atoms with E-state index in [4.69, 9.17) is 11.6 Å². The summed E-state index contributed by atoms with van der Waals surface area (Å²) in [7, 11) is 2.11. The molecule has 1 amide bonds. The van der Waals surface area contributed by atoms with Crippen molar-refractivity contribution < 1.29 is 4.79 Å². The standard InChI is InChI=1S/C18H23ClN6OS/c1-24-8-10-25(11-9-24)16-12-15(19)22-18(23-16)27-13-17(26)21-7-5-14-4-2-3-6-20-14/h2-4,6,12H,5,7-11,13H2,1H3,(H,21,26). The Hall–Kier alpha value is -1.90. The lowest BCUT2D eigenvalue weighted by Crippen LogP contribution is -2.44. The molecule has 7 nitrogen and oxygen atoms in total. The van der Waals surface area contributed by atoms with Gasteiger partial charge in [0, 0.05) is 57.1 Å². The molecule has 0 aliphatic carbocycles. The van der Waals surface area contributed by atoms with Crippen LogP contribution in [0.4, 0.5) is 5.82 Å². The zero-order valence-corrected chi connectivity index (χ0v) is 16.8. The summed E-state index contributed by atoms with van der Waals surface area (Å²) in [6.07, 6.45) is 2.46. The Morgan fingerprint density at radius 2 is 2.07 bits per heavy atom. The fraction of sp³-hybridized carbons (Fsp3) is 0.444. The third kappa shape index (κ3) is 6.34. The van der Waals surface area contributed by atoms with Gasteiger partial charge in [-0.2, -0.15) is 0 Å². The second kappa shape index (κ2) is 9.87. The fourth-order valence-corrected chi connectivity index (χ4v) is 3.62. The minimum atomic E-state index is -0.0550. The van der Waals surface area contributed by atoms with Gasteiger partial charge in [0.25, 0.3) is 0 Å². The number of carbonyl (C=O) groups excluding carboxylic acids is 1. The molecule has 9 heteroatoms. The van der Waals surface area contributed by atoms with Crippen LogP contribution < -0.4 is 10.2 Å². The molecule has 0 unspecified atom stereocenters. The summed E-state index contributed by atoms with van der Waals surface area (Å²) in [4.78, 5) is 29.6. The van der Waals surface area contributed by atoms with Crippen LogP contribution in [0.3, 0.4) is 0 Å². The number of aromatic nitrogens is 3. The molecule has 0 radical (unpaired) electrons. The van der Waals surface area contributed by atoms with Crippen molar-refractivity contribution in [2.45, 2.75) is 11.6 Å². The highest BCUT2D eigenvalue weighted by molar-refractivity contribution is 7.99. The first-order chi connectivity index (χ1) is 13.1. The average molecular weight is 407 g/mol. The van der Waals surface area contributed by atoms with E-state index >= 15 is 0 Å². The largest absolute Gasteiger partial charge is 0.355 e. The molecule has 2 aromatic rings. The van der Waals surface area contributed by atoms with Crippen molar-refractivity contribution in [2.24, 2.45) is 0 Å². The van der Waals surface area contributed by atoms with Crippen LogP contribution in [-0.2, 0) is 11.2 Å². The summed E-state index contributed by atoms with van der Waals surface area (Å²) < 4.78 is 0. The molecule has 0 atom stereocenters. The number of likely N-dealkylation sites (N-methyl/N-ethyl adjacent to an activating group) is 1. The molecule has 1 aliphatic rings. The Balaban J connectivity index is 1.47. The molecule has 0 bridgehead atoms. The highest BCUT2D eigenvalue weighted by Gasteiger charge is 2.17. The van der Waals surface area contributed by atoms with Crippen LogP contribution in [0.2, 0.25) is 5.15 Å². The maximum atomic E-state index is 12.1. The van der Waals surface area contributed by atoms with E-state index in [1.54, 1.807) is 12.3 Å². The number of amides is 1. The number of thioether (sulfide) groups is 1. The molecular weight excluding hydrogens is 384 g/mol. The molecule has 0 saturated carbocycles. The summed E-state index contributed by atoms with van der Waals surface area (Å²) in [5.74, 6) is 1.02. The van der Waals surface area contributed by atoms with E-state index in [0.29, 0.717) is 23.3 Å². The molecule has 3 heterocycles. The SMILES string of the molecule is CN1CCN(c2cc(Cl)nc(SCC(=O)NCCc3ccccn3)n2)CC1. The number of anilines is 1. The van der Waals surface area contributed by atoms with Gasteiger partial charge in [-0.15, -0.1) is 0 Å². The maximum Gasteiger partial charge on any atom is 0.230 e. The molecule has 1 fully saturated rings. The molecule has 1 N–H and O–H groups in total. The second-order valence-corrected chi connectivity index (χ2v) is 7.66. The van der Waals surface area contributed by atoms with Gasteiger partial charge in [-0.25, -0.2) is 9.97 Å². The first kappa shape index (κ1) is 19.9. The zero-order chi connectivity index (χ0) is 19.1. The number of rotatable bonds is 7. The van der Waals surface area contributed by atoms with Gasteiger partial charge in [0.1, 0.15) is 11.0 Å². The first-order valence-electron chi connectivity index (χ1n) is 8.87. The predicted molar refractivity (Wildman–Crippen MR) is 108 cm³/mol. The van der Waals surface area contributed by atoms with Crippen molar-refractivity contribution in [3.63, 3.8) is 0 Å². The average Bonchev–Trinajstić information content (AvgIpc) is 2.67. The Labute approximate surface area is 168 Å². The van der Waals surface area contributed by atoms with E-state index in [-0.39, 0.29) is 11.7 Å². The van der Waals surface area contributed by atoms with Crippen LogP contribution in [0.1, 0.15) is 5.69 Å². The third-order valence-corrected chi connectivity index (χ3v) is 5.29. The van der Waals surface area contributed by atoms with Gasteiger partial charge in [-0.3, -0.25) is 9.78 Å². The number of hydrogen-bond acceptors (Lipinski definition) is 7. The van der Waals surface area contributed by atoms with Crippen LogP contribution in [0, 0.1) is 0 Å². The molecular formula is C18H23ClN6OS. The molecule has 0 aromatic carbocycles. The summed E-state index contributed by atoms with van der Waals surface area (Å²) in [5, 5.41) is 3.82. The van der Waals surface area contributed by atoms with Gasteiger partial charge in [0.05, 0.1) is 5.75 Å². The van der Waals surface area contributed by atoms with Gasteiger partial charge in [-0.05, 0) is 19.2 Å². The van der Waals surface area contributed by atoms with Crippen molar-refractivity contribution in [3.8, 4) is 0 Å². The number of nitrogens with one attached hydrogen (secondary N) is 1. The van der Waals surface area contributed by atoms with Crippen molar-refractivity contribution in [1.82, 2.24) is 25.2 Å². The Morgan fingerprint density at radius 3 is 2.81 bits per heavy atom. The number of halogens is 1. The van der Waals surface area contributed by atoms with E-state index in [1.807, 2.05) is 18.2 Å². The molecule has 3 rings (SSSR count). The van der Waals surface area contributed by atoms with Crippen LogP contribution in [-0.4, -0.2) is 71.3 Å². The smallest absolute Gasteiger partial charge is 0.230 e. The zero-order valence-electron chi connectivity index (χ0n) is 15.3. The van der Waals surface area contributed by atoms with E-state index in [9.17, 15) is 4.79 Å². The lowest BCUT2D eigenvalue weighted by molar-refractivity contribution is -0.118. The van der Waals surface area contributed by atoms with Crippen LogP contribution in [0.15, 0.2) is 35.6 Å². The monoisotopic (exact) mass is 406 g/mol. The topological polar surface area (TPSA) is 74.2 Å². The highest BCUT2D eigenvalue weighted by atomic mass is 35.5. The first-order valence-corrected chi connectivity index (χ1v) is 10.2. The summed E-state index contributed by atoms with van der Waals surface area (Å²) in [6.45, 7) is 4.34. The van der Waals surface area contributed by atoms with Crippen LogP contribution >= 0.6 is 23.4 Å². The lowest BCUT2D eigenvalue weighted by Gasteiger charge is -2.33. The van der Waals surface area contributed by atoms with Crippen molar-refractivity contribution in [2.75, 3.05) is 50.4 Å². The van der Waals surface area contributed by atoms with E-state index < -0.39 is 0 Å². The molecule has 1 aliphatic heterocycles. The Morgan fingerprint density at radius 1 is 1.26 bits per heavy atom. The van der Waals surface area contributed by atoms with E-state index in [2.05, 4.69) is 37.1 Å². The second-order valence-electron chi connectivity index (χ2n) is 6.33. The fourth-order valence-electron chi connectivity index (χ4n) is 2.70. The van der Waals surface area contributed by atoms with Gasteiger partial charge in [-0.1, -0.05) is 29.4 Å². The van der Waals surface area contributed by atoms with Crippen molar-refractivity contribution in [3.05, 3.63) is 41.3 Å². The van der Waals surface area contributed by atoms with Crippen LogP contribution in [0.5, 0.6) is 0 Å². The number of hydrogen-bond donors (Lipinski definition) is 1. The molecule has 2 aromatic heterocycles. The molecule has 1 saturated heterocycles. The van der Waals surface area contributed by atoms with Gasteiger partial charge < -0.3 is 15.1 Å². The normalized spacial score (nSPS) is 15.0. The minimum Gasteiger partial charge on any atom is -0.355 e.